The van der Waals surface area contributed by atoms with E-state index in [0.717, 1.165) is 16.6 Å². The molecule has 0 unspecified atom stereocenters. The van der Waals surface area contributed by atoms with Crippen molar-refractivity contribution in [2.24, 2.45) is 0 Å². The van der Waals surface area contributed by atoms with E-state index < -0.39 is 0 Å². The van der Waals surface area contributed by atoms with Crippen LogP contribution in [0.1, 0.15) is 35.6 Å². The molecule has 4 heteroatoms. The molecule has 0 saturated heterocycles. The number of alkyl halides is 1. The van der Waals surface area contributed by atoms with Gasteiger partial charge in [-0.15, -0.1) is 0 Å². The zero-order valence-corrected chi connectivity index (χ0v) is 11.7. The third-order valence-corrected chi connectivity index (χ3v) is 3.99. The van der Waals surface area contributed by atoms with Crippen molar-refractivity contribution in [3.05, 3.63) is 47.0 Å². The molecule has 1 aromatic heterocycles. The van der Waals surface area contributed by atoms with Crippen molar-refractivity contribution >= 4 is 15.9 Å². The van der Waals surface area contributed by atoms with Gasteiger partial charge in [-0.1, -0.05) is 15.9 Å². The molecule has 0 spiro atoms. The number of aryl methyl sites for hydroxylation is 1. The third kappa shape index (κ3) is 1.99. The van der Waals surface area contributed by atoms with Gasteiger partial charge in [-0.2, -0.15) is 5.10 Å². The first-order valence-corrected chi connectivity index (χ1v) is 7.22. The van der Waals surface area contributed by atoms with E-state index in [4.69, 9.17) is 0 Å². The van der Waals surface area contributed by atoms with E-state index in [0.29, 0.717) is 5.92 Å². The van der Waals surface area contributed by atoms with Crippen LogP contribution < -0.4 is 0 Å². The lowest BCUT2D eigenvalue weighted by molar-refractivity contribution is 0.625. The highest BCUT2D eigenvalue weighted by molar-refractivity contribution is 9.08. The Morgan fingerprint density at radius 1 is 1.44 bits per heavy atom. The average molecular weight is 309 g/mol. The summed E-state index contributed by atoms with van der Waals surface area (Å²) < 4.78 is 15.1. The fraction of sp³-hybridized carbons (Fsp3) is 0.357. The Balaban J connectivity index is 2.13. The van der Waals surface area contributed by atoms with Gasteiger partial charge in [-0.05, 0) is 43.5 Å². The SMILES string of the molecule is Cc1cc(F)ccc1-n1ncc(CBr)c1C1CC1. The van der Waals surface area contributed by atoms with Gasteiger partial charge in [0.15, 0.2) is 0 Å². The summed E-state index contributed by atoms with van der Waals surface area (Å²) in [5.41, 5.74) is 4.41. The van der Waals surface area contributed by atoms with Crippen LogP contribution in [0, 0.1) is 12.7 Å². The molecule has 0 amide bonds. The molecule has 1 aliphatic rings. The first-order valence-electron chi connectivity index (χ1n) is 6.10. The van der Waals surface area contributed by atoms with Gasteiger partial charge in [-0.25, -0.2) is 9.07 Å². The lowest BCUT2D eigenvalue weighted by Gasteiger charge is -2.11. The number of hydrogen-bond acceptors (Lipinski definition) is 1. The Bertz CT molecular complexity index is 587. The smallest absolute Gasteiger partial charge is 0.123 e. The maximum absolute atomic E-state index is 13.2. The van der Waals surface area contributed by atoms with Crippen LogP contribution in [0.4, 0.5) is 4.39 Å². The zero-order chi connectivity index (χ0) is 12.7. The minimum absolute atomic E-state index is 0.197. The van der Waals surface area contributed by atoms with Gasteiger partial charge in [0.05, 0.1) is 17.6 Å². The van der Waals surface area contributed by atoms with Crippen molar-refractivity contribution in [1.29, 1.82) is 0 Å². The van der Waals surface area contributed by atoms with Crippen molar-refractivity contribution < 1.29 is 4.39 Å². The first kappa shape index (κ1) is 11.9. The van der Waals surface area contributed by atoms with Gasteiger partial charge in [-0.3, -0.25) is 0 Å². The van der Waals surface area contributed by atoms with Gasteiger partial charge < -0.3 is 0 Å². The van der Waals surface area contributed by atoms with E-state index in [1.165, 1.54) is 30.2 Å². The maximum Gasteiger partial charge on any atom is 0.123 e. The second kappa shape index (κ2) is 4.50. The molecule has 94 valence electrons. The highest BCUT2D eigenvalue weighted by atomic mass is 79.9. The van der Waals surface area contributed by atoms with Crippen LogP contribution in [0.3, 0.4) is 0 Å². The summed E-state index contributed by atoms with van der Waals surface area (Å²) in [6.45, 7) is 1.92. The summed E-state index contributed by atoms with van der Waals surface area (Å²) in [5.74, 6) is 0.418. The van der Waals surface area contributed by atoms with Gasteiger partial charge in [0, 0.05) is 16.8 Å². The highest BCUT2D eigenvalue weighted by Gasteiger charge is 2.30. The standard InChI is InChI=1S/C14H14BrFN2/c1-9-6-12(16)4-5-13(9)18-14(10-2-3-10)11(7-15)8-17-18/h4-6,8,10H,2-3,7H2,1H3. The fourth-order valence-corrected chi connectivity index (χ4v) is 2.77. The van der Waals surface area contributed by atoms with Crippen LogP contribution in [0.2, 0.25) is 0 Å². The Morgan fingerprint density at radius 2 is 2.22 bits per heavy atom. The molecular weight excluding hydrogens is 295 g/mol. The molecular formula is C14H14BrFN2. The van der Waals surface area contributed by atoms with E-state index in [2.05, 4.69) is 21.0 Å². The predicted molar refractivity (Wildman–Crippen MR) is 72.9 cm³/mol. The van der Waals surface area contributed by atoms with Gasteiger partial charge in [0.1, 0.15) is 5.82 Å². The zero-order valence-electron chi connectivity index (χ0n) is 10.2. The summed E-state index contributed by atoms with van der Waals surface area (Å²) >= 11 is 3.51. The van der Waals surface area contributed by atoms with Crippen LogP contribution >= 0.6 is 15.9 Å². The Morgan fingerprint density at radius 3 is 2.83 bits per heavy atom. The molecule has 0 aliphatic heterocycles. The Labute approximate surface area is 114 Å². The third-order valence-electron chi connectivity index (χ3n) is 3.38. The highest BCUT2D eigenvalue weighted by Crippen LogP contribution is 2.43. The molecule has 2 nitrogen and oxygen atoms in total. The Hall–Kier alpha value is -1.16. The molecule has 0 bridgehead atoms. The quantitative estimate of drug-likeness (QED) is 0.781. The van der Waals surface area contributed by atoms with Crippen molar-refractivity contribution in [2.45, 2.75) is 31.0 Å². The first-order chi connectivity index (χ1) is 8.70. The summed E-state index contributed by atoms with van der Waals surface area (Å²) in [4.78, 5) is 0. The normalized spacial score (nSPS) is 15.1. The van der Waals surface area contributed by atoms with Crippen molar-refractivity contribution in [3.63, 3.8) is 0 Å². The van der Waals surface area contributed by atoms with E-state index in [1.807, 2.05) is 23.9 Å². The molecule has 0 atom stereocenters. The van der Waals surface area contributed by atoms with Gasteiger partial charge >= 0.3 is 0 Å². The summed E-state index contributed by atoms with van der Waals surface area (Å²) in [7, 11) is 0. The molecule has 0 N–H and O–H groups in total. The number of nitrogens with zero attached hydrogens (tertiary/aromatic N) is 2. The van der Waals surface area contributed by atoms with Crippen molar-refractivity contribution in [3.8, 4) is 5.69 Å². The van der Waals surface area contributed by atoms with Crippen LogP contribution in [0.15, 0.2) is 24.4 Å². The van der Waals surface area contributed by atoms with Crippen LogP contribution in [-0.4, -0.2) is 9.78 Å². The maximum atomic E-state index is 13.2. The second-order valence-electron chi connectivity index (χ2n) is 4.81. The summed E-state index contributed by atoms with van der Waals surface area (Å²) in [6, 6.07) is 4.86. The molecule has 1 saturated carbocycles. The molecule has 3 rings (SSSR count). The minimum Gasteiger partial charge on any atom is -0.237 e. The lowest BCUT2D eigenvalue weighted by atomic mass is 10.1. The lowest BCUT2D eigenvalue weighted by Crippen LogP contribution is -2.04. The molecule has 1 aliphatic carbocycles. The Kier molecular flexibility index (Phi) is 2.98. The molecule has 1 heterocycles. The van der Waals surface area contributed by atoms with E-state index in [9.17, 15) is 4.39 Å². The van der Waals surface area contributed by atoms with Crippen molar-refractivity contribution in [1.82, 2.24) is 9.78 Å². The topological polar surface area (TPSA) is 17.8 Å². The van der Waals surface area contributed by atoms with E-state index in [-0.39, 0.29) is 5.82 Å². The van der Waals surface area contributed by atoms with E-state index >= 15 is 0 Å². The molecule has 1 aromatic carbocycles. The van der Waals surface area contributed by atoms with Crippen LogP contribution in [0.25, 0.3) is 5.69 Å². The number of halogens is 2. The van der Waals surface area contributed by atoms with Crippen LogP contribution in [0.5, 0.6) is 0 Å². The second-order valence-corrected chi connectivity index (χ2v) is 5.37. The average Bonchev–Trinajstić information content (AvgIpc) is 3.09. The number of benzene rings is 1. The summed E-state index contributed by atoms with van der Waals surface area (Å²) in [6.07, 6.45) is 4.36. The van der Waals surface area contributed by atoms with Crippen molar-refractivity contribution in [2.75, 3.05) is 0 Å². The molecule has 0 radical (unpaired) electrons. The van der Waals surface area contributed by atoms with E-state index in [1.54, 1.807) is 6.07 Å². The fourth-order valence-electron chi connectivity index (χ4n) is 2.34. The predicted octanol–water partition coefficient (Wildman–Crippen LogP) is 4.09. The van der Waals surface area contributed by atoms with Crippen LogP contribution in [-0.2, 0) is 5.33 Å². The number of rotatable bonds is 3. The largest absolute Gasteiger partial charge is 0.237 e. The molecule has 1 fully saturated rings. The minimum atomic E-state index is -0.197. The number of aromatic nitrogens is 2. The van der Waals surface area contributed by atoms with Gasteiger partial charge in [0.25, 0.3) is 0 Å². The van der Waals surface area contributed by atoms with Gasteiger partial charge in [0.2, 0.25) is 0 Å². The molecule has 18 heavy (non-hydrogen) atoms. The number of hydrogen-bond donors (Lipinski definition) is 0. The molecule has 2 aromatic rings. The monoisotopic (exact) mass is 308 g/mol. The summed E-state index contributed by atoms with van der Waals surface area (Å²) in [5, 5.41) is 5.29.